The number of aryl methyl sites for hydroxylation is 1. The molecule has 7 aromatic carbocycles. The third-order valence-electron chi connectivity index (χ3n) is 10.6. The van der Waals surface area contributed by atoms with Crippen molar-refractivity contribution >= 4 is 11.0 Å². The van der Waals surface area contributed by atoms with Gasteiger partial charge in [-0.2, -0.15) is 0 Å². The number of imidazole rings is 1. The zero-order chi connectivity index (χ0) is 41.6. The Hall–Kier alpha value is -6.35. The van der Waals surface area contributed by atoms with Crippen LogP contribution in [0, 0.1) is 12.9 Å². The summed E-state index contributed by atoms with van der Waals surface area (Å²) in [6, 6.07) is 59.4. The predicted octanol–water partition coefficient (Wildman–Crippen LogP) is 13.5. The van der Waals surface area contributed by atoms with Gasteiger partial charge in [0.25, 0.3) is 0 Å². The van der Waals surface area contributed by atoms with E-state index in [1.165, 1.54) is 5.56 Å². The largest absolute Gasteiger partial charge is 0.507 e. The van der Waals surface area contributed by atoms with Gasteiger partial charge in [-0.3, -0.25) is 9.55 Å². The molecule has 0 radical (unpaired) electrons. The van der Waals surface area contributed by atoms with Crippen LogP contribution in [0.25, 0.3) is 83.9 Å². The van der Waals surface area contributed by atoms with Crippen molar-refractivity contribution < 1.29 is 30.3 Å². The minimum Gasteiger partial charge on any atom is -0.507 e. The number of aromatic nitrogens is 3. The van der Waals surface area contributed by atoms with E-state index in [2.05, 4.69) is 93.6 Å². The van der Waals surface area contributed by atoms with Crippen LogP contribution in [0.2, 0.25) is 0 Å². The summed E-state index contributed by atoms with van der Waals surface area (Å²) in [4.78, 5) is 10.1. The van der Waals surface area contributed by atoms with E-state index in [0.717, 1.165) is 55.7 Å². The zero-order valence-corrected chi connectivity index (χ0v) is 34.6. The number of nitrogens with zero attached hydrogens (tertiary/aromatic N) is 3. The first kappa shape index (κ1) is 34.9. The Morgan fingerprint density at radius 1 is 0.586 bits per heavy atom. The topological polar surface area (TPSA) is 50.9 Å². The molecule has 0 bridgehead atoms. The van der Waals surface area contributed by atoms with Crippen molar-refractivity contribution in [1.82, 2.24) is 14.5 Å². The molecule has 0 amide bonds. The number of hydrogen-bond acceptors (Lipinski definition) is 3. The van der Waals surface area contributed by atoms with Crippen LogP contribution in [-0.2, 0) is 26.5 Å². The van der Waals surface area contributed by atoms with Crippen molar-refractivity contribution in [3.8, 4) is 78.6 Å². The fourth-order valence-corrected chi connectivity index (χ4v) is 7.49. The van der Waals surface area contributed by atoms with Gasteiger partial charge >= 0.3 is 0 Å². The van der Waals surface area contributed by atoms with E-state index < -0.39 is 6.85 Å². The molecule has 0 unspecified atom stereocenters. The summed E-state index contributed by atoms with van der Waals surface area (Å²) in [6.07, 6.45) is 1.85. The summed E-state index contributed by atoms with van der Waals surface area (Å²) in [5.41, 5.74) is 13.0. The second-order valence-corrected chi connectivity index (χ2v) is 15.4. The van der Waals surface area contributed by atoms with Gasteiger partial charge < -0.3 is 5.11 Å². The molecule has 0 aliphatic heterocycles. The first-order valence-electron chi connectivity index (χ1n) is 20.6. The molecule has 5 heteroatoms. The summed E-state index contributed by atoms with van der Waals surface area (Å²) in [7, 11) is 0. The van der Waals surface area contributed by atoms with Crippen LogP contribution in [-0.4, -0.2) is 19.6 Å². The van der Waals surface area contributed by atoms with Gasteiger partial charge in [0.1, 0.15) is 11.6 Å². The summed E-state index contributed by atoms with van der Waals surface area (Å²) in [5.74, 6) is 0.552. The molecule has 0 aliphatic carbocycles. The van der Waals surface area contributed by atoms with E-state index >= 15 is 0 Å². The molecule has 2 heterocycles. The van der Waals surface area contributed by atoms with Crippen molar-refractivity contribution in [3.05, 3.63) is 193 Å². The van der Waals surface area contributed by atoms with Gasteiger partial charge in [0.05, 0.1) is 16.6 Å². The van der Waals surface area contributed by atoms with Crippen LogP contribution >= 0.6 is 0 Å². The summed E-state index contributed by atoms with van der Waals surface area (Å²) < 4.78 is 27.7. The molecule has 9 rings (SSSR count). The smallest absolute Gasteiger partial charge is 0.148 e. The molecule has 0 fully saturated rings. The second kappa shape index (κ2) is 15.9. The van der Waals surface area contributed by atoms with Crippen LogP contribution in [0.15, 0.2) is 176 Å². The maximum atomic E-state index is 11.2. The minimum atomic E-state index is -2.40. The molecule has 0 atom stereocenters. The molecular formula is C53H42N3OPt-. The molecule has 58 heavy (non-hydrogen) atoms. The van der Waals surface area contributed by atoms with Crippen LogP contribution in [0.4, 0.5) is 0 Å². The van der Waals surface area contributed by atoms with E-state index in [1.807, 2.05) is 95.7 Å². The predicted molar refractivity (Wildman–Crippen MR) is 235 cm³/mol. The number of fused-ring (bicyclic) bond motifs is 1. The molecule has 2 aromatic heterocycles. The number of para-hydroxylation sites is 2. The number of aromatic hydroxyl groups is 1. The Labute approximate surface area is 359 Å². The molecule has 0 saturated heterocycles. The number of pyridine rings is 1. The Kier molecular flexibility index (Phi) is 9.55. The Morgan fingerprint density at radius 3 is 1.93 bits per heavy atom. The van der Waals surface area contributed by atoms with Crippen molar-refractivity contribution in [2.75, 3.05) is 0 Å². The average Bonchev–Trinajstić information content (AvgIpc) is 3.66. The van der Waals surface area contributed by atoms with Gasteiger partial charge in [-0.05, 0) is 87.6 Å². The van der Waals surface area contributed by atoms with E-state index in [9.17, 15) is 5.11 Å². The number of phenols is 1. The fraction of sp³-hybridized carbons (Fsp3) is 0.0943. The summed E-state index contributed by atoms with van der Waals surface area (Å²) >= 11 is 0. The molecule has 0 saturated carbocycles. The quantitative estimate of drug-likeness (QED) is 0.162. The number of hydrogen-bond donors (Lipinski definition) is 1. The standard InChI is InChI=1S/C53H42N3O.Pt/c1-35-30-44(26-27-45(35)39-16-9-6-10-17-39)56-49-20-13-19-46(51(49)55-52(56)47-18-11-12-21-50(47)57)41-31-42(33-43(32-41)53(2,3)4)48-34-40(28-29-54-48)38-24-22-37(23-25-38)36-14-7-5-8-15-36;/h5-30,32-34,57H,1-4H3;/q-1;/i1D3;. The number of rotatable bonds is 7. The second-order valence-electron chi connectivity index (χ2n) is 15.4. The van der Waals surface area contributed by atoms with Gasteiger partial charge in [-0.15, -0.1) is 29.3 Å². The molecule has 0 spiro atoms. The van der Waals surface area contributed by atoms with Gasteiger partial charge in [0, 0.05) is 42.8 Å². The average molecular weight is 935 g/mol. The van der Waals surface area contributed by atoms with E-state index in [4.69, 9.17) is 14.1 Å². The van der Waals surface area contributed by atoms with Crippen molar-refractivity contribution in [2.45, 2.75) is 33.0 Å². The summed E-state index contributed by atoms with van der Waals surface area (Å²) in [5, 5.41) is 11.2. The van der Waals surface area contributed by atoms with Crippen molar-refractivity contribution in [1.29, 1.82) is 0 Å². The molecule has 286 valence electrons. The van der Waals surface area contributed by atoms with Gasteiger partial charge in [-0.25, -0.2) is 4.98 Å². The SMILES string of the molecule is [2H]C([2H])([2H])c1cc(-n2c(-c3ccccc3O)nc3c(-c4[c-]c(-c5cc(-c6ccc(-c7ccccc7)cc6)ccn5)cc(C(C)(C)C)c4)cccc32)ccc1-c1ccccc1.[Pt]. The van der Waals surface area contributed by atoms with Crippen LogP contribution in [0.1, 0.15) is 36.0 Å². The van der Waals surface area contributed by atoms with Gasteiger partial charge in [-0.1, -0.05) is 153 Å². The van der Waals surface area contributed by atoms with Crippen LogP contribution < -0.4 is 0 Å². The van der Waals surface area contributed by atoms with E-state index in [1.54, 1.807) is 18.2 Å². The van der Waals surface area contributed by atoms with Gasteiger partial charge in [0.15, 0.2) is 0 Å². The number of phenolic OH excluding ortho intramolecular Hbond substituents is 1. The monoisotopic (exact) mass is 934 g/mol. The molecule has 1 N–H and O–H groups in total. The summed E-state index contributed by atoms with van der Waals surface area (Å²) in [6.45, 7) is 4.19. The molecule has 9 aromatic rings. The van der Waals surface area contributed by atoms with Crippen LogP contribution in [0.3, 0.4) is 0 Å². The van der Waals surface area contributed by atoms with Gasteiger partial charge in [0.2, 0.25) is 0 Å². The molecular weight excluding hydrogens is 890 g/mol. The van der Waals surface area contributed by atoms with Crippen LogP contribution in [0.5, 0.6) is 5.75 Å². The minimum absolute atomic E-state index is 0. The number of benzene rings is 7. The normalized spacial score (nSPS) is 12.4. The Bertz CT molecular complexity index is 3010. The Morgan fingerprint density at radius 2 is 1.22 bits per heavy atom. The van der Waals surface area contributed by atoms with Crippen molar-refractivity contribution in [2.24, 2.45) is 0 Å². The molecule has 0 aliphatic rings. The Balaban J connectivity index is 0.00000514. The maximum Gasteiger partial charge on any atom is 0.148 e. The first-order valence-corrected chi connectivity index (χ1v) is 19.1. The van der Waals surface area contributed by atoms with E-state index in [-0.39, 0.29) is 37.8 Å². The first-order chi connectivity index (χ1) is 28.9. The van der Waals surface area contributed by atoms with E-state index in [0.29, 0.717) is 28.2 Å². The fourth-order valence-electron chi connectivity index (χ4n) is 7.49. The third-order valence-corrected chi connectivity index (χ3v) is 10.6. The van der Waals surface area contributed by atoms with Crippen molar-refractivity contribution in [3.63, 3.8) is 0 Å². The zero-order valence-electron chi connectivity index (χ0n) is 35.3. The molecule has 4 nitrogen and oxygen atoms in total. The third kappa shape index (κ3) is 7.44. The maximum absolute atomic E-state index is 11.2.